The van der Waals surface area contributed by atoms with Crippen LogP contribution in [0, 0.1) is 0 Å². The van der Waals surface area contributed by atoms with Crippen molar-refractivity contribution in [2.75, 3.05) is 13.1 Å². The number of furan rings is 1. The predicted octanol–water partition coefficient (Wildman–Crippen LogP) is 0.423. The molecule has 0 radical (unpaired) electrons. The van der Waals surface area contributed by atoms with E-state index in [4.69, 9.17) is 4.42 Å². The summed E-state index contributed by atoms with van der Waals surface area (Å²) in [6, 6.07) is 7.29. The van der Waals surface area contributed by atoms with Gasteiger partial charge in [-0.25, -0.2) is 0 Å². The molecule has 9 nitrogen and oxygen atoms in total. The molecule has 0 aromatic carbocycles. The molecule has 1 atom stereocenters. The number of aromatic nitrogens is 4. The Morgan fingerprint density at radius 2 is 2.30 bits per heavy atom. The lowest BCUT2D eigenvalue weighted by molar-refractivity contribution is -0.122. The highest BCUT2D eigenvalue weighted by Crippen LogP contribution is 2.23. The van der Waals surface area contributed by atoms with Gasteiger partial charge in [-0.3, -0.25) is 19.1 Å². The number of aliphatic hydroxyl groups excluding tert-OH is 1. The van der Waals surface area contributed by atoms with Gasteiger partial charge < -0.3 is 14.8 Å². The Morgan fingerprint density at radius 1 is 1.41 bits per heavy atom. The van der Waals surface area contributed by atoms with Crippen LogP contribution in [0.4, 0.5) is 0 Å². The zero-order valence-corrected chi connectivity index (χ0v) is 15.1. The first-order valence-corrected chi connectivity index (χ1v) is 8.84. The molecule has 2 N–H and O–H groups in total. The molecule has 0 spiro atoms. The zero-order chi connectivity index (χ0) is 18.8. The molecule has 1 unspecified atom stereocenters. The Hall–Kier alpha value is -2.91. The molecule has 142 valence electrons. The van der Waals surface area contributed by atoms with E-state index in [9.17, 15) is 9.90 Å². The molecule has 4 rings (SSSR count). The fourth-order valence-electron chi connectivity index (χ4n) is 3.27. The summed E-state index contributed by atoms with van der Waals surface area (Å²) in [6.45, 7) is 2.71. The SMILES string of the molecule is Cn1nccc1C(O)c1cc2n(n1)CCN(CC(=O)NCc1ccco1)C2. The lowest BCUT2D eigenvalue weighted by Gasteiger charge is -2.26. The highest BCUT2D eigenvalue weighted by Gasteiger charge is 2.24. The second-order valence-corrected chi connectivity index (χ2v) is 6.63. The fourth-order valence-corrected chi connectivity index (χ4v) is 3.27. The van der Waals surface area contributed by atoms with Gasteiger partial charge in [-0.15, -0.1) is 0 Å². The molecule has 1 aliphatic heterocycles. The van der Waals surface area contributed by atoms with Crippen molar-refractivity contribution in [1.29, 1.82) is 0 Å². The molecule has 1 aliphatic rings. The topological polar surface area (TPSA) is 101 Å². The summed E-state index contributed by atoms with van der Waals surface area (Å²) in [5.74, 6) is 0.684. The minimum Gasteiger partial charge on any atom is -0.467 e. The van der Waals surface area contributed by atoms with Gasteiger partial charge in [-0.05, 0) is 24.3 Å². The highest BCUT2D eigenvalue weighted by atomic mass is 16.3. The molecular weight excluding hydrogens is 348 g/mol. The first-order valence-electron chi connectivity index (χ1n) is 8.84. The van der Waals surface area contributed by atoms with Crippen LogP contribution in [0.25, 0.3) is 0 Å². The summed E-state index contributed by atoms with van der Waals surface area (Å²) in [6.07, 6.45) is 2.42. The number of aliphatic hydroxyl groups is 1. The number of carbonyl (C=O) groups excluding carboxylic acids is 1. The molecular formula is C18H22N6O3. The van der Waals surface area contributed by atoms with Crippen molar-refractivity contribution < 1.29 is 14.3 Å². The molecule has 1 amide bonds. The first kappa shape index (κ1) is 17.5. The van der Waals surface area contributed by atoms with Crippen LogP contribution in [0.15, 0.2) is 41.1 Å². The number of nitrogens with zero attached hydrogens (tertiary/aromatic N) is 5. The number of carbonyl (C=O) groups is 1. The van der Waals surface area contributed by atoms with Gasteiger partial charge in [0.1, 0.15) is 11.9 Å². The van der Waals surface area contributed by atoms with Crippen molar-refractivity contribution in [2.24, 2.45) is 7.05 Å². The Kier molecular flexibility index (Phi) is 4.78. The van der Waals surface area contributed by atoms with E-state index in [0.29, 0.717) is 37.6 Å². The fraction of sp³-hybridized carbons (Fsp3) is 0.389. The third-order valence-corrected chi connectivity index (χ3v) is 4.72. The monoisotopic (exact) mass is 370 g/mol. The van der Waals surface area contributed by atoms with E-state index < -0.39 is 6.10 Å². The van der Waals surface area contributed by atoms with E-state index in [1.165, 1.54) is 0 Å². The first-order chi connectivity index (χ1) is 13.1. The minimum atomic E-state index is -0.819. The van der Waals surface area contributed by atoms with Gasteiger partial charge in [-0.2, -0.15) is 10.2 Å². The van der Waals surface area contributed by atoms with Crippen LogP contribution < -0.4 is 5.32 Å². The van der Waals surface area contributed by atoms with E-state index in [1.807, 2.05) is 16.8 Å². The van der Waals surface area contributed by atoms with Crippen molar-refractivity contribution in [3.05, 3.63) is 59.6 Å². The predicted molar refractivity (Wildman–Crippen MR) is 95.3 cm³/mol. The average Bonchev–Trinajstić information content (AvgIpc) is 3.39. The largest absolute Gasteiger partial charge is 0.467 e. The number of hydrogen-bond acceptors (Lipinski definition) is 6. The van der Waals surface area contributed by atoms with E-state index in [2.05, 4.69) is 20.4 Å². The van der Waals surface area contributed by atoms with Crippen molar-refractivity contribution in [3.63, 3.8) is 0 Å². The molecule has 0 saturated carbocycles. The molecule has 0 aliphatic carbocycles. The quantitative estimate of drug-likeness (QED) is 0.652. The van der Waals surface area contributed by atoms with Crippen molar-refractivity contribution in [1.82, 2.24) is 29.8 Å². The standard InChI is InChI=1S/C18H22N6O3/c1-22-16(4-5-20-22)18(26)15-9-13-11-23(6-7-24(13)21-15)12-17(25)19-10-14-3-2-8-27-14/h2-5,8-9,18,26H,6-7,10-12H2,1H3,(H,19,25). The maximum absolute atomic E-state index is 12.2. The van der Waals surface area contributed by atoms with Gasteiger partial charge in [0.2, 0.25) is 5.91 Å². The Labute approximate surface area is 156 Å². The lowest BCUT2D eigenvalue weighted by Crippen LogP contribution is -2.41. The molecule has 0 bridgehead atoms. The van der Waals surface area contributed by atoms with E-state index in [-0.39, 0.29) is 5.91 Å². The zero-order valence-electron chi connectivity index (χ0n) is 15.1. The number of amides is 1. The van der Waals surface area contributed by atoms with E-state index >= 15 is 0 Å². The van der Waals surface area contributed by atoms with E-state index in [1.54, 1.807) is 36.3 Å². The lowest BCUT2D eigenvalue weighted by atomic mass is 10.1. The Balaban J connectivity index is 1.36. The van der Waals surface area contributed by atoms with Crippen LogP contribution in [0.3, 0.4) is 0 Å². The maximum Gasteiger partial charge on any atom is 0.234 e. The van der Waals surface area contributed by atoms with Gasteiger partial charge in [0.05, 0.1) is 43.0 Å². The third-order valence-electron chi connectivity index (χ3n) is 4.72. The van der Waals surface area contributed by atoms with Crippen LogP contribution in [0.5, 0.6) is 0 Å². The van der Waals surface area contributed by atoms with Crippen molar-refractivity contribution in [2.45, 2.75) is 25.7 Å². The van der Waals surface area contributed by atoms with Crippen molar-refractivity contribution in [3.8, 4) is 0 Å². The van der Waals surface area contributed by atoms with Gasteiger partial charge in [0, 0.05) is 26.3 Å². The van der Waals surface area contributed by atoms with Crippen LogP contribution >= 0.6 is 0 Å². The molecule has 4 heterocycles. The van der Waals surface area contributed by atoms with Gasteiger partial charge in [-0.1, -0.05) is 0 Å². The molecule has 9 heteroatoms. The molecule has 3 aromatic heterocycles. The maximum atomic E-state index is 12.2. The summed E-state index contributed by atoms with van der Waals surface area (Å²) >= 11 is 0. The van der Waals surface area contributed by atoms with Crippen LogP contribution in [-0.4, -0.2) is 48.6 Å². The molecule has 0 fully saturated rings. The number of rotatable bonds is 6. The molecule has 3 aromatic rings. The molecule has 0 saturated heterocycles. The van der Waals surface area contributed by atoms with Crippen LogP contribution in [0.2, 0.25) is 0 Å². The smallest absolute Gasteiger partial charge is 0.234 e. The number of fused-ring (bicyclic) bond motifs is 1. The van der Waals surface area contributed by atoms with Crippen LogP contribution in [0.1, 0.15) is 28.9 Å². The molecule has 27 heavy (non-hydrogen) atoms. The third kappa shape index (κ3) is 3.79. The summed E-state index contributed by atoms with van der Waals surface area (Å²) in [5, 5.41) is 22.0. The minimum absolute atomic E-state index is 0.0468. The second-order valence-electron chi connectivity index (χ2n) is 6.63. The van der Waals surface area contributed by atoms with E-state index in [0.717, 1.165) is 18.0 Å². The number of nitrogens with one attached hydrogen (secondary N) is 1. The summed E-state index contributed by atoms with van der Waals surface area (Å²) < 4.78 is 8.75. The Morgan fingerprint density at radius 3 is 3.04 bits per heavy atom. The highest BCUT2D eigenvalue weighted by molar-refractivity contribution is 5.77. The summed E-state index contributed by atoms with van der Waals surface area (Å²) in [5.41, 5.74) is 2.27. The van der Waals surface area contributed by atoms with Gasteiger partial charge >= 0.3 is 0 Å². The van der Waals surface area contributed by atoms with Gasteiger partial charge in [0.25, 0.3) is 0 Å². The number of aryl methyl sites for hydroxylation is 1. The normalized spacial score (nSPS) is 15.5. The Bertz CT molecular complexity index is 914. The summed E-state index contributed by atoms with van der Waals surface area (Å²) in [7, 11) is 1.79. The van der Waals surface area contributed by atoms with Crippen molar-refractivity contribution >= 4 is 5.91 Å². The van der Waals surface area contributed by atoms with Gasteiger partial charge in [0.15, 0.2) is 0 Å². The average molecular weight is 370 g/mol. The summed E-state index contributed by atoms with van der Waals surface area (Å²) in [4.78, 5) is 14.2. The van der Waals surface area contributed by atoms with Crippen LogP contribution in [-0.2, 0) is 31.5 Å². The number of hydrogen-bond donors (Lipinski definition) is 2. The second kappa shape index (κ2) is 7.37.